The summed E-state index contributed by atoms with van der Waals surface area (Å²) >= 11 is 0. The van der Waals surface area contributed by atoms with Gasteiger partial charge in [0.25, 0.3) is 10.0 Å². The molecule has 1 fully saturated rings. The van der Waals surface area contributed by atoms with E-state index in [1.54, 1.807) is 56.3 Å². The largest absolute Gasteiger partial charge is 0.466 e. The Kier molecular flexibility index (Phi) is 8.52. The van der Waals surface area contributed by atoms with E-state index in [9.17, 15) is 23.1 Å². The Morgan fingerprint density at radius 3 is 2.19 bits per heavy atom. The van der Waals surface area contributed by atoms with Crippen LogP contribution in [0.25, 0.3) is 0 Å². The third kappa shape index (κ3) is 5.93. The van der Waals surface area contributed by atoms with Gasteiger partial charge in [0, 0.05) is 12.3 Å². The van der Waals surface area contributed by atoms with E-state index in [0.29, 0.717) is 5.56 Å². The highest BCUT2D eigenvalue weighted by Crippen LogP contribution is 2.47. The van der Waals surface area contributed by atoms with Crippen molar-refractivity contribution in [2.24, 2.45) is 16.9 Å². The molecule has 2 N–H and O–H groups in total. The maximum Gasteiger partial charge on any atom is 0.315 e. The molecule has 0 amide bonds. The van der Waals surface area contributed by atoms with Crippen molar-refractivity contribution in [1.29, 1.82) is 0 Å². The van der Waals surface area contributed by atoms with Gasteiger partial charge in [-0.15, -0.1) is 0 Å². The number of carbonyl (C=O) groups excluding carboxylic acids is 2. The number of hydrogen-bond donors (Lipinski definition) is 2. The number of carbonyl (C=O) groups is 2. The minimum absolute atomic E-state index is 0.00304. The summed E-state index contributed by atoms with van der Waals surface area (Å²) in [4.78, 5) is 28.5. The van der Waals surface area contributed by atoms with Crippen molar-refractivity contribution in [3.8, 4) is 0 Å². The van der Waals surface area contributed by atoms with Crippen molar-refractivity contribution in [1.82, 2.24) is 4.83 Å². The quantitative estimate of drug-likeness (QED) is 0.407. The Labute approximate surface area is 211 Å². The maximum atomic E-state index is 13.2. The van der Waals surface area contributed by atoms with Crippen LogP contribution in [0.1, 0.15) is 44.2 Å². The minimum Gasteiger partial charge on any atom is -0.466 e. The minimum atomic E-state index is -4.06. The molecular weight excluding hydrogens is 484 g/mol. The summed E-state index contributed by atoms with van der Waals surface area (Å²) < 4.78 is 36.4. The molecule has 0 aliphatic heterocycles. The van der Waals surface area contributed by atoms with Crippen molar-refractivity contribution in [2.75, 3.05) is 13.2 Å². The smallest absolute Gasteiger partial charge is 0.315 e. The third-order valence-corrected chi connectivity index (χ3v) is 7.42. The van der Waals surface area contributed by atoms with Crippen LogP contribution in [-0.4, -0.2) is 50.0 Å². The lowest BCUT2D eigenvalue weighted by Crippen LogP contribution is -2.55. The number of nitrogens with zero attached hydrogens (tertiary/aromatic N) is 1. The number of rotatable bonds is 8. The van der Waals surface area contributed by atoms with Gasteiger partial charge >= 0.3 is 11.9 Å². The van der Waals surface area contributed by atoms with Crippen molar-refractivity contribution in [3.05, 3.63) is 65.7 Å². The lowest BCUT2D eigenvalue weighted by atomic mass is 9.61. The molecule has 0 heterocycles. The number of ether oxygens (including phenoxy) is 2. The zero-order chi connectivity index (χ0) is 26.5. The highest BCUT2D eigenvalue weighted by atomic mass is 32.2. The van der Waals surface area contributed by atoms with Crippen LogP contribution in [0.4, 0.5) is 0 Å². The number of nitrogens with one attached hydrogen (secondary N) is 1. The lowest BCUT2D eigenvalue weighted by Gasteiger charge is -2.45. The summed E-state index contributed by atoms with van der Waals surface area (Å²) in [5.41, 5.74) is -0.156. The average Bonchev–Trinajstić information content (AvgIpc) is 2.82. The number of esters is 2. The SMILES string of the molecule is CCOC(=O)[C@H]1/C(=N\NS(=O)(=O)c2ccc(C)cc2)C[C@](C)(O)[C@@H](C(=O)OCC)[C@H]1c1ccccc1. The maximum absolute atomic E-state index is 13.2. The molecule has 1 saturated carbocycles. The second-order valence-corrected chi connectivity index (χ2v) is 10.6. The zero-order valence-electron chi connectivity index (χ0n) is 20.8. The van der Waals surface area contributed by atoms with Crippen molar-refractivity contribution < 1.29 is 32.6 Å². The number of sulfonamides is 1. The normalized spacial score (nSPS) is 25.2. The molecule has 0 aromatic heterocycles. The van der Waals surface area contributed by atoms with Crippen LogP contribution in [0.5, 0.6) is 0 Å². The van der Waals surface area contributed by atoms with E-state index < -0.39 is 45.3 Å². The molecule has 2 aromatic rings. The first-order chi connectivity index (χ1) is 17.0. The van der Waals surface area contributed by atoms with Gasteiger partial charge < -0.3 is 14.6 Å². The van der Waals surface area contributed by atoms with Crippen LogP contribution >= 0.6 is 0 Å². The highest BCUT2D eigenvalue weighted by Gasteiger charge is 2.56. The van der Waals surface area contributed by atoms with E-state index in [2.05, 4.69) is 9.93 Å². The van der Waals surface area contributed by atoms with E-state index in [1.165, 1.54) is 19.1 Å². The Hall–Kier alpha value is -3.24. The summed E-state index contributed by atoms with van der Waals surface area (Å²) in [7, 11) is -4.06. The van der Waals surface area contributed by atoms with Crippen LogP contribution < -0.4 is 4.83 Å². The van der Waals surface area contributed by atoms with E-state index >= 15 is 0 Å². The van der Waals surface area contributed by atoms with Crippen molar-refractivity contribution >= 4 is 27.7 Å². The zero-order valence-corrected chi connectivity index (χ0v) is 21.6. The van der Waals surface area contributed by atoms with Crippen LogP contribution in [-0.2, 0) is 29.1 Å². The van der Waals surface area contributed by atoms with E-state index in [-0.39, 0.29) is 30.2 Å². The standard InChI is InChI=1S/C26H32N2O7S/c1-5-34-24(29)22-20(27-28-36(32,33)19-14-12-17(3)13-15-19)16-26(4,31)23(25(30)35-6-2)21(22)18-10-8-7-9-11-18/h7-15,21-23,28,31H,5-6,16H2,1-4H3/b27-20-/t21-,22-,23+,26-/m0/s1. The number of aryl methyl sites for hydroxylation is 1. The second kappa shape index (κ2) is 11.2. The molecule has 3 rings (SSSR count). The average molecular weight is 517 g/mol. The molecule has 2 aromatic carbocycles. The monoisotopic (exact) mass is 516 g/mol. The summed E-state index contributed by atoms with van der Waals surface area (Å²) in [5.74, 6) is -4.50. The summed E-state index contributed by atoms with van der Waals surface area (Å²) in [6.07, 6.45) is -0.250. The fourth-order valence-corrected chi connectivity index (χ4v) is 5.42. The first kappa shape index (κ1) is 27.3. The molecule has 1 aliphatic rings. The van der Waals surface area contributed by atoms with Crippen LogP contribution in [0.15, 0.2) is 64.6 Å². The number of benzene rings is 2. The Balaban J connectivity index is 2.13. The predicted octanol–water partition coefficient (Wildman–Crippen LogP) is 2.93. The van der Waals surface area contributed by atoms with Gasteiger partial charge in [-0.1, -0.05) is 48.0 Å². The van der Waals surface area contributed by atoms with Gasteiger partial charge in [-0.3, -0.25) is 9.59 Å². The highest BCUT2D eigenvalue weighted by molar-refractivity contribution is 7.89. The summed E-state index contributed by atoms with van der Waals surface area (Å²) in [6, 6.07) is 15.0. The van der Waals surface area contributed by atoms with Gasteiger partial charge in [0.1, 0.15) is 5.92 Å². The van der Waals surface area contributed by atoms with Gasteiger partial charge in [0.05, 0.1) is 35.3 Å². The number of hydrazone groups is 1. The predicted molar refractivity (Wildman–Crippen MR) is 134 cm³/mol. The molecule has 0 saturated heterocycles. The molecule has 0 unspecified atom stereocenters. The lowest BCUT2D eigenvalue weighted by molar-refractivity contribution is -0.163. The molecule has 36 heavy (non-hydrogen) atoms. The fraction of sp³-hybridized carbons (Fsp3) is 0.423. The number of hydrogen-bond acceptors (Lipinski definition) is 8. The van der Waals surface area contributed by atoms with E-state index in [0.717, 1.165) is 5.56 Å². The van der Waals surface area contributed by atoms with Crippen molar-refractivity contribution in [3.63, 3.8) is 0 Å². The van der Waals surface area contributed by atoms with Gasteiger partial charge in [-0.05, 0) is 45.4 Å². The van der Waals surface area contributed by atoms with Gasteiger partial charge in [-0.25, -0.2) is 4.83 Å². The molecule has 10 heteroatoms. The third-order valence-electron chi connectivity index (χ3n) is 6.19. The van der Waals surface area contributed by atoms with E-state index in [4.69, 9.17) is 9.47 Å². The molecule has 0 spiro atoms. The summed E-state index contributed by atoms with van der Waals surface area (Å²) in [6.45, 7) is 6.75. The fourth-order valence-electron chi connectivity index (χ4n) is 4.58. The Bertz CT molecular complexity index is 1210. The molecule has 194 valence electrons. The first-order valence-electron chi connectivity index (χ1n) is 11.8. The first-order valence-corrected chi connectivity index (χ1v) is 13.3. The van der Waals surface area contributed by atoms with E-state index in [1.807, 2.05) is 6.92 Å². The Morgan fingerprint density at radius 1 is 1.03 bits per heavy atom. The second-order valence-electron chi connectivity index (χ2n) is 8.94. The van der Waals surface area contributed by atoms with Crippen LogP contribution in [0.2, 0.25) is 0 Å². The van der Waals surface area contributed by atoms with Gasteiger partial charge in [0.15, 0.2) is 0 Å². The van der Waals surface area contributed by atoms with Gasteiger partial charge in [-0.2, -0.15) is 13.5 Å². The van der Waals surface area contributed by atoms with Crippen LogP contribution in [0, 0.1) is 18.8 Å². The molecule has 9 nitrogen and oxygen atoms in total. The molecule has 0 radical (unpaired) electrons. The van der Waals surface area contributed by atoms with Gasteiger partial charge in [0.2, 0.25) is 0 Å². The molecule has 1 aliphatic carbocycles. The van der Waals surface area contributed by atoms with Crippen molar-refractivity contribution in [2.45, 2.75) is 50.5 Å². The molecule has 0 bridgehead atoms. The summed E-state index contributed by atoms with van der Waals surface area (Å²) in [5, 5.41) is 15.5. The topological polar surface area (TPSA) is 131 Å². The Morgan fingerprint density at radius 2 is 1.61 bits per heavy atom. The molecular formula is C26H32N2O7S. The molecule has 4 atom stereocenters. The number of aliphatic hydroxyl groups is 1. The van der Waals surface area contributed by atoms with Crippen LogP contribution in [0.3, 0.4) is 0 Å².